The fourth-order valence-corrected chi connectivity index (χ4v) is 4.77. The maximum atomic E-state index is 13.2. The van der Waals surface area contributed by atoms with E-state index < -0.39 is 5.54 Å². The van der Waals surface area contributed by atoms with Gasteiger partial charge in [-0.05, 0) is 56.2 Å². The van der Waals surface area contributed by atoms with Gasteiger partial charge in [-0.1, -0.05) is 25.0 Å². The first kappa shape index (κ1) is 20.7. The molecule has 162 valence electrons. The summed E-state index contributed by atoms with van der Waals surface area (Å²) in [5.74, 6) is 1.14. The minimum atomic E-state index is -0.718. The van der Waals surface area contributed by atoms with E-state index in [1.54, 1.807) is 7.11 Å². The Morgan fingerprint density at radius 2 is 1.90 bits per heavy atom. The number of carbonyl (C=O) groups excluding carboxylic acids is 3. The third kappa shape index (κ3) is 4.02. The van der Waals surface area contributed by atoms with Crippen molar-refractivity contribution < 1.29 is 19.1 Å². The zero-order valence-corrected chi connectivity index (χ0v) is 17.9. The molecule has 1 atom stereocenters. The van der Waals surface area contributed by atoms with Gasteiger partial charge >= 0.3 is 6.03 Å². The summed E-state index contributed by atoms with van der Waals surface area (Å²) in [4.78, 5) is 41.5. The average Bonchev–Trinajstić information content (AvgIpc) is 3.45. The summed E-state index contributed by atoms with van der Waals surface area (Å²) in [6, 6.07) is 7.53. The average molecular weight is 414 g/mol. The van der Waals surface area contributed by atoms with Crippen LogP contribution in [0.5, 0.6) is 5.75 Å². The highest BCUT2D eigenvalue weighted by Crippen LogP contribution is 2.37. The molecule has 3 fully saturated rings. The molecular weight excluding hydrogens is 382 g/mol. The van der Waals surface area contributed by atoms with Crippen LogP contribution in [0.25, 0.3) is 0 Å². The molecule has 0 bridgehead atoms. The maximum absolute atomic E-state index is 13.2. The highest BCUT2D eigenvalue weighted by molar-refractivity contribution is 6.07. The van der Waals surface area contributed by atoms with Gasteiger partial charge in [0.25, 0.3) is 5.91 Å². The van der Waals surface area contributed by atoms with E-state index in [4.69, 9.17) is 4.74 Å². The Balaban J connectivity index is 1.41. The van der Waals surface area contributed by atoms with Crippen LogP contribution < -0.4 is 10.1 Å². The lowest BCUT2D eigenvalue weighted by atomic mass is 9.98. The third-order valence-electron chi connectivity index (χ3n) is 6.88. The van der Waals surface area contributed by atoms with Crippen LogP contribution in [0.4, 0.5) is 4.79 Å². The normalized spacial score (nSPS) is 21.1. The molecule has 3 aliphatic rings. The lowest BCUT2D eigenvalue weighted by Crippen LogP contribution is -2.44. The first-order valence-electron chi connectivity index (χ1n) is 11.0. The van der Waals surface area contributed by atoms with Gasteiger partial charge in [0, 0.05) is 25.6 Å². The number of carbonyl (C=O) groups is 3. The molecule has 1 saturated heterocycles. The van der Waals surface area contributed by atoms with Gasteiger partial charge in [0.05, 0.1) is 7.11 Å². The molecule has 1 unspecified atom stereocenters. The van der Waals surface area contributed by atoms with E-state index >= 15 is 0 Å². The van der Waals surface area contributed by atoms with Gasteiger partial charge in [-0.25, -0.2) is 4.79 Å². The van der Waals surface area contributed by atoms with Crippen LogP contribution >= 0.6 is 0 Å². The van der Waals surface area contributed by atoms with Crippen molar-refractivity contribution >= 4 is 17.8 Å². The fourth-order valence-electron chi connectivity index (χ4n) is 4.77. The minimum Gasteiger partial charge on any atom is -0.497 e. The number of hydrogen-bond donors (Lipinski definition) is 1. The zero-order valence-electron chi connectivity index (χ0n) is 17.9. The van der Waals surface area contributed by atoms with Crippen LogP contribution in [0.15, 0.2) is 24.3 Å². The number of nitrogens with one attached hydrogen (secondary N) is 1. The second-order valence-corrected chi connectivity index (χ2v) is 8.87. The van der Waals surface area contributed by atoms with Gasteiger partial charge < -0.3 is 15.0 Å². The van der Waals surface area contributed by atoms with E-state index in [1.165, 1.54) is 4.90 Å². The molecule has 1 aliphatic heterocycles. The molecule has 2 saturated carbocycles. The summed E-state index contributed by atoms with van der Waals surface area (Å²) >= 11 is 0. The number of amides is 4. The first-order chi connectivity index (χ1) is 14.4. The Hall–Kier alpha value is -2.57. The molecule has 0 aromatic heterocycles. The molecule has 1 spiro atoms. The molecule has 4 rings (SSSR count). The van der Waals surface area contributed by atoms with Gasteiger partial charge in [0.1, 0.15) is 11.3 Å². The number of benzene rings is 1. The van der Waals surface area contributed by atoms with Crippen LogP contribution in [0, 0.1) is 5.92 Å². The van der Waals surface area contributed by atoms with Crippen LogP contribution in [0.2, 0.25) is 0 Å². The monoisotopic (exact) mass is 413 g/mol. The van der Waals surface area contributed by atoms with E-state index in [2.05, 4.69) is 12.2 Å². The zero-order chi connectivity index (χ0) is 21.3. The van der Waals surface area contributed by atoms with Crippen LogP contribution in [-0.2, 0) is 16.1 Å². The number of hydrogen-bond acceptors (Lipinski definition) is 4. The maximum Gasteiger partial charge on any atom is 0.325 e. The second-order valence-electron chi connectivity index (χ2n) is 8.87. The SMILES string of the molecule is COc1ccc(CN(C(=O)CCN2C(=O)NC3(CCCC3)C2=O)C(C)C2CC2)cc1. The number of methoxy groups -OCH3 is 1. The summed E-state index contributed by atoms with van der Waals surface area (Å²) < 4.78 is 5.22. The van der Waals surface area contributed by atoms with E-state index in [9.17, 15) is 14.4 Å². The largest absolute Gasteiger partial charge is 0.497 e. The van der Waals surface area contributed by atoms with Gasteiger partial charge in [0.15, 0.2) is 0 Å². The molecule has 1 N–H and O–H groups in total. The summed E-state index contributed by atoms with van der Waals surface area (Å²) in [7, 11) is 1.63. The molecule has 1 aromatic carbocycles. The molecule has 1 aromatic rings. The Kier molecular flexibility index (Phi) is 5.71. The summed E-state index contributed by atoms with van der Waals surface area (Å²) in [5.41, 5.74) is 0.320. The second kappa shape index (κ2) is 8.28. The summed E-state index contributed by atoms with van der Waals surface area (Å²) in [6.45, 7) is 2.76. The molecule has 0 radical (unpaired) electrons. The van der Waals surface area contributed by atoms with Crippen molar-refractivity contribution in [2.75, 3.05) is 13.7 Å². The van der Waals surface area contributed by atoms with Crippen molar-refractivity contribution in [2.45, 2.75) is 70.0 Å². The van der Waals surface area contributed by atoms with Crippen molar-refractivity contribution in [3.8, 4) is 5.75 Å². The van der Waals surface area contributed by atoms with E-state index in [1.807, 2.05) is 29.2 Å². The van der Waals surface area contributed by atoms with Crippen molar-refractivity contribution in [3.05, 3.63) is 29.8 Å². The lowest BCUT2D eigenvalue weighted by molar-refractivity contribution is -0.135. The number of ether oxygens (including phenoxy) is 1. The Morgan fingerprint density at radius 3 is 2.50 bits per heavy atom. The van der Waals surface area contributed by atoms with Crippen LogP contribution in [0.1, 0.15) is 57.4 Å². The van der Waals surface area contributed by atoms with Gasteiger partial charge in [-0.15, -0.1) is 0 Å². The van der Waals surface area contributed by atoms with Crippen LogP contribution in [-0.4, -0.2) is 52.9 Å². The van der Waals surface area contributed by atoms with E-state index in [0.29, 0.717) is 25.3 Å². The highest BCUT2D eigenvalue weighted by Gasteiger charge is 2.52. The van der Waals surface area contributed by atoms with Gasteiger partial charge in [-0.2, -0.15) is 0 Å². The van der Waals surface area contributed by atoms with Crippen molar-refractivity contribution in [3.63, 3.8) is 0 Å². The number of rotatable bonds is 8. The number of nitrogens with zero attached hydrogens (tertiary/aromatic N) is 2. The molecule has 1 heterocycles. The van der Waals surface area contributed by atoms with Crippen molar-refractivity contribution in [1.82, 2.24) is 15.1 Å². The number of urea groups is 1. The molecular formula is C23H31N3O4. The molecule has 30 heavy (non-hydrogen) atoms. The van der Waals surface area contributed by atoms with E-state index in [0.717, 1.165) is 37.0 Å². The lowest BCUT2D eigenvalue weighted by Gasteiger charge is -2.30. The minimum absolute atomic E-state index is 0.0156. The Bertz CT molecular complexity index is 812. The number of imide groups is 1. The Labute approximate surface area is 177 Å². The predicted octanol–water partition coefficient (Wildman–Crippen LogP) is 3.08. The highest BCUT2D eigenvalue weighted by atomic mass is 16.5. The van der Waals surface area contributed by atoms with Gasteiger partial charge in [-0.3, -0.25) is 14.5 Å². The first-order valence-corrected chi connectivity index (χ1v) is 11.0. The summed E-state index contributed by atoms with van der Waals surface area (Å²) in [5, 5.41) is 2.88. The predicted molar refractivity (Wildman–Crippen MR) is 112 cm³/mol. The topological polar surface area (TPSA) is 79.0 Å². The molecule has 4 amide bonds. The molecule has 2 aliphatic carbocycles. The third-order valence-corrected chi connectivity index (χ3v) is 6.88. The van der Waals surface area contributed by atoms with E-state index in [-0.39, 0.29) is 36.9 Å². The quantitative estimate of drug-likeness (QED) is 0.665. The van der Waals surface area contributed by atoms with Crippen molar-refractivity contribution in [2.24, 2.45) is 5.92 Å². The summed E-state index contributed by atoms with van der Waals surface area (Å²) in [6.07, 6.45) is 5.74. The molecule has 7 nitrogen and oxygen atoms in total. The standard InChI is InChI=1S/C23H31N3O4/c1-16(18-7-8-18)26(15-17-5-9-19(30-2)10-6-17)20(27)11-14-25-21(28)23(24-22(25)29)12-3-4-13-23/h5-6,9-10,16,18H,3-4,7-8,11-15H2,1-2H3,(H,24,29). The van der Waals surface area contributed by atoms with Crippen LogP contribution in [0.3, 0.4) is 0 Å². The van der Waals surface area contributed by atoms with Crippen molar-refractivity contribution in [1.29, 1.82) is 0 Å². The molecule has 7 heteroatoms. The Morgan fingerprint density at radius 1 is 1.23 bits per heavy atom. The fraction of sp³-hybridized carbons (Fsp3) is 0.609. The smallest absolute Gasteiger partial charge is 0.325 e. The van der Waals surface area contributed by atoms with Gasteiger partial charge in [0.2, 0.25) is 5.91 Å².